The smallest absolute Gasteiger partial charge is 0.255 e. The predicted octanol–water partition coefficient (Wildman–Crippen LogP) is 4.93. The molecule has 7 heteroatoms. The van der Waals surface area contributed by atoms with Crippen molar-refractivity contribution in [2.45, 2.75) is 26.8 Å². The number of aryl methyl sites for hydroxylation is 1. The van der Waals surface area contributed by atoms with Gasteiger partial charge in [-0.15, -0.1) is 0 Å². The molecule has 0 radical (unpaired) electrons. The molecule has 3 aromatic rings. The number of para-hydroxylation sites is 2. The van der Waals surface area contributed by atoms with Gasteiger partial charge < -0.3 is 18.9 Å². The number of ether oxygens (including phenoxy) is 2. The van der Waals surface area contributed by atoms with E-state index in [1.807, 2.05) is 35.9 Å². The summed E-state index contributed by atoms with van der Waals surface area (Å²) in [7, 11) is 5.02. The molecule has 160 valence electrons. The number of carbonyl (C=O) groups is 1. The molecule has 30 heavy (non-hydrogen) atoms. The fourth-order valence-electron chi connectivity index (χ4n) is 3.40. The Morgan fingerprint density at radius 1 is 1.17 bits per heavy atom. The fraction of sp³-hybridized carbons (Fsp3) is 0.391. The summed E-state index contributed by atoms with van der Waals surface area (Å²) in [5.41, 5.74) is 2.33. The normalized spacial score (nSPS) is 11.2. The summed E-state index contributed by atoms with van der Waals surface area (Å²) in [5.74, 6) is 1.97. The summed E-state index contributed by atoms with van der Waals surface area (Å²) in [5, 5.41) is 0.251. The summed E-state index contributed by atoms with van der Waals surface area (Å²) >= 11 is 6.52. The van der Waals surface area contributed by atoms with Crippen LogP contribution in [0, 0.1) is 5.92 Å². The Bertz CT molecular complexity index is 1050. The summed E-state index contributed by atoms with van der Waals surface area (Å²) in [6.07, 6.45) is 0.876. The SMILES string of the molecule is COc1ccc(C(=O)N(CCC(C)C)Cc2nc3ccccc3n2C)c(Cl)c1OC. The van der Waals surface area contributed by atoms with Crippen LogP contribution in [0.25, 0.3) is 11.0 Å². The van der Waals surface area contributed by atoms with E-state index in [4.69, 9.17) is 26.1 Å². The summed E-state index contributed by atoms with van der Waals surface area (Å²) in [4.78, 5) is 20.0. The van der Waals surface area contributed by atoms with Crippen LogP contribution in [0.1, 0.15) is 36.5 Å². The van der Waals surface area contributed by atoms with Gasteiger partial charge in [-0.1, -0.05) is 37.6 Å². The largest absolute Gasteiger partial charge is 0.493 e. The number of methoxy groups -OCH3 is 2. The van der Waals surface area contributed by atoms with E-state index >= 15 is 0 Å². The lowest BCUT2D eigenvalue weighted by Gasteiger charge is -2.24. The second-order valence-corrected chi connectivity index (χ2v) is 8.03. The molecular weight excluding hydrogens is 402 g/mol. The van der Waals surface area contributed by atoms with Gasteiger partial charge in [0.1, 0.15) is 5.82 Å². The Kier molecular flexibility index (Phi) is 6.87. The first-order valence-corrected chi connectivity index (χ1v) is 10.3. The lowest BCUT2D eigenvalue weighted by molar-refractivity contribution is 0.0729. The van der Waals surface area contributed by atoms with E-state index < -0.39 is 0 Å². The number of imidazole rings is 1. The van der Waals surface area contributed by atoms with Gasteiger partial charge in [-0.3, -0.25) is 4.79 Å². The summed E-state index contributed by atoms with van der Waals surface area (Å²) in [6, 6.07) is 11.3. The van der Waals surface area contributed by atoms with Gasteiger partial charge in [-0.25, -0.2) is 4.98 Å². The summed E-state index contributed by atoms with van der Waals surface area (Å²) in [6.45, 7) is 5.27. The molecule has 6 nitrogen and oxygen atoms in total. The van der Waals surface area contributed by atoms with Crippen LogP contribution in [-0.2, 0) is 13.6 Å². The molecule has 1 heterocycles. The van der Waals surface area contributed by atoms with Gasteiger partial charge in [0.2, 0.25) is 0 Å². The number of fused-ring (bicyclic) bond motifs is 1. The molecule has 0 spiro atoms. The van der Waals surface area contributed by atoms with Crippen LogP contribution >= 0.6 is 11.6 Å². The number of hydrogen-bond acceptors (Lipinski definition) is 4. The van der Waals surface area contributed by atoms with Crippen LogP contribution in [0.5, 0.6) is 11.5 Å². The van der Waals surface area contributed by atoms with Crippen molar-refractivity contribution in [1.29, 1.82) is 0 Å². The monoisotopic (exact) mass is 429 g/mol. The molecule has 0 unspecified atom stereocenters. The molecule has 1 amide bonds. The van der Waals surface area contributed by atoms with E-state index in [0.29, 0.717) is 36.1 Å². The van der Waals surface area contributed by atoms with Crippen LogP contribution in [-0.4, -0.2) is 41.1 Å². The third-order valence-electron chi connectivity index (χ3n) is 5.19. The van der Waals surface area contributed by atoms with E-state index in [0.717, 1.165) is 23.3 Å². The van der Waals surface area contributed by atoms with Gasteiger partial charge in [-0.2, -0.15) is 0 Å². The molecule has 0 bridgehead atoms. The lowest BCUT2D eigenvalue weighted by Crippen LogP contribution is -2.33. The Hall–Kier alpha value is -2.73. The first-order chi connectivity index (χ1) is 14.4. The van der Waals surface area contributed by atoms with Gasteiger partial charge in [0.25, 0.3) is 5.91 Å². The van der Waals surface area contributed by atoms with Crippen molar-refractivity contribution in [3.8, 4) is 11.5 Å². The van der Waals surface area contributed by atoms with Crippen molar-refractivity contribution in [3.63, 3.8) is 0 Å². The molecule has 0 aliphatic carbocycles. The van der Waals surface area contributed by atoms with E-state index in [2.05, 4.69) is 13.8 Å². The first kappa shape index (κ1) is 22.0. The zero-order chi connectivity index (χ0) is 21.8. The minimum atomic E-state index is -0.159. The van der Waals surface area contributed by atoms with E-state index in [1.54, 1.807) is 17.0 Å². The van der Waals surface area contributed by atoms with Crippen LogP contribution in [0.3, 0.4) is 0 Å². The second kappa shape index (κ2) is 9.39. The van der Waals surface area contributed by atoms with Gasteiger partial charge in [-0.05, 0) is 36.6 Å². The highest BCUT2D eigenvalue weighted by Gasteiger charge is 2.24. The number of nitrogens with zero attached hydrogens (tertiary/aromatic N) is 3. The maximum atomic E-state index is 13.5. The number of rotatable bonds is 8. The average molecular weight is 430 g/mol. The van der Waals surface area contributed by atoms with Crippen molar-refractivity contribution in [2.24, 2.45) is 13.0 Å². The molecule has 1 aromatic heterocycles. The van der Waals surface area contributed by atoms with Crippen molar-refractivity contribution in [2.75, 3.05) is 20.8 Å². The Balaban J connectivity index is 1.97. The van der Waals surface area contributed by atoms with Crippen molar-refractivity contribution < 1.29 is 14.3 Å². The van der Waals surface area contributed by atoms with Crippen molar-refractivity contribution in [1.82, 2.24) is 14.5 Å². The highest BCUT2D eigenvalue weighted by molar-refractivity contribution is 6.35. The predicted molar refractivity (Wildman–Crippen MR) is 119 cm³/mol. The fourth-order valence-corrected chi connectivity index (χ4v) is 3.71. The van der Waals surface area contributed by atoms with Crippen LogP contribution in [0.15, 0.2) is 36.4 Å². The number of hydrogen-bond donors (Lipinski definition) is 0. The second-order valence-electron chi connectivity index (χ2n) is 7.65. The van der Waals surface area contributed by atoms with Crippen LogP contribution in [0.4, 0.5) is 0 Å². The molecular formula is C23H28ClN3O3. The van der Waals surface area contributed by atoms with Crippen LogP contribution in [0.2, 0.25) is 5.02 Å². The first-order valence-electron chi connectivity index (χ1n) is 9.97. The zero-order valence-electron chi connectivity index (χ0n) is 18.1. The molecule has 0 fully saturated rings. The minimum absolute atomic E-state index is 0.159. The summed E-state index contributed by atoms with van der Waals surface area (Å²) < 4.78 is 12.7. The van der Waals surface area contributed by atoms with Crippen LogP contribution < -0.4 is 9.47 Å². The van der Waals surface area contributed by atoms with Gasteiger partial charge in [0.05, 0.1) is 42.4 Å². The standard InChI is InChI=1S/C23H28ClN3O3/c1-15(2)12-13-27(14-20-25-17-8-6-7-9-18(17)26(20)3)23(28)16-10-11-19(29-4)22(30-5)21(16)24/h6-11,15H,12-14H2,1-5H3. The molecule has 0 aliphatic heterocycles. The lowest BCUT2D eigenvalue weighted by atomic mass is 10.1. The number of aromatic nitrogens is 2. The average Bonchev–Trinajstić information content (AvgIpc) is 3.05. The number of halogens is 1. The minimum Gasteiger partial charge on any atom is -0.493 e. The molecule has 2 aromatic carbocycles. The molecule has 3 rings (SSSR count). The Morgan fingerprint density at radius 2 is 1.90 bits per heavy atom. The molecule has 0 atom stereocenters. The van der Waals surface area contributed by atoms with E-state index in [1.165, 1.54) is 14.2 Å². The number of carbonyl (C=O) groups excluding carboxylic acids is 1. The topological polar surface area (TPSA) is 56.6 Å². The van der Waals surface area contributed by atoms with Gasteiger partial charge >= 0.3 is 0 Å². The Morgan fingerprint density at radius 3 is 2.53 bits per heavy atom. The number of benzene rings is 2. The zero-order valence-corrected chi connectivity index (χ0v) is 18.9. The Labute approximate surface area is 182 Å². The maximum absolute atomic E-state index is 13.5. The van der Waals surface area contributed by atoms with Crippen molar-refractivity contribution in [3.05, 3.63) is 52.8 Å². The molecule has 0 N–H and O–H groups in total. The highest BCUT2D eigenvalue weighted by Crippen LogP contribution is 2.38. The van der Waals surface area contributed by atoms with Gasteiger partial charge in [0, 0.05) is 13.6 Å². The third-order valence-corrected chi connectivity index (χ3v) is 5.57. The van der Waals surface area contributed by atoms with E-state index in [9.17, 15) is 4.79 Å². The van der Waals surface area contributed by atoms with Gasteiger partial charge in [0.15, 0.2) is 11.5 Å². The highest BCUT2D eigenvalue weighted by atomic mass is 35.5. The molecule has 0 saturated carbocycles. The quantitative estimate of drug-likeness (QED) is 0.509. The molecule has 0 saturated heterocycles. The molecule has 0 aliphatic rings. The number of amides is 1. The maximum Gasteiger partial charge on any atom is 0.255 e. The van der Waals surface area contributed by atoms with Crippen molar-refractivity contribution >= 4 is 28.5 Å². The van der Waals surface area contributed by atoms with E-state index in [-0.39, 0.29) is 10.9 Å². The third kappa shape index (κ3) is 4.38.